The predicted molar refractivity (Wildman–Crippen MR) is 113 cm³/mol. The standard InChI is InChI=1S/C22H30FN3O3/c1-5-24-22(25-15-19(27)17-8-6-7-9-18(17)23)26(2)13-12-16-10-11-20(28-3)21(14-16)29-4/h6-11,14,19,27H,5,12-13,15H2,1-4H3,(H,24,25). The molecule has 2 aromatic rings. The molecule has 7 heteroatoms. The first-order valence-electron chi connectivity index (χ1n) is 9.63. The molecule has 0 aliphatic rings. The first-order chi connectivity index (χ1) is 14.0. The lowest BCUT2D eigenvalue weighted by atomic mass is 10.1. The Morgan fingerprint density at radius 1 is 1.17 bits per heavy atom. The van der Waals surface area contributed by atoms with Crippen LogP contribution in [0.4, 0.5) is 4.39 Å². The van der Waals surface area contributed by atoms with Gasteiger partial charge in [-0.3, -0.25) is 4.99 Å². The van der Waals surface area contributed by atoms with Gasteiger partial charge in [0.25, 0.3) is 0 Å². The number of guanidine groups is 1. The maximum absolute atomic E-state index is 13.8. The van der Waals surface area contributed by atoms with Crippen molar-refractivity contribution in [3.63, 3.8) is 0 Å². The molecule has 1 unspecified atom stereocenters. The molecule has 0 saturated heterocycles. The van der Waals surface area contributed by atoms with Gasteiger partial charge in [-0.2, -0.15) is 0 Å². The minimum Gasteiger partial charge on any atom is -0.493 e. The second kappa shape index (κ2) is 11.3. The summed E-state index contributed by atoms with van der Waals surface area (Å²) in [6.07, 6.45) is -0.221. The van der Waals surface area contributed by atoms with Crippen molar-refractivity contribution in [2.24, 2.45) is 4.99 Å². The van der Waals surface area contributed by atoms with Gasteiger partial charge in [0.1, 0.15) is 11.9 Å². The highest BCUT2D eigenvalue weighted by atomic mass is 19.1. The average molecular weight is 403 g/mol. The number of aliphatic imine (C=N–C) groups is 1. The Morgan fingerprint density at radius 3 is 2.55 bits per heavy atom. The summed E-state index contributed by atoms with van der Waals surface area (Å²) in [6.45, 7) is 3.45. The van der Waals surface area contributed by atoms with Gasteiger partial charge < -0.3 is 24.8 Å². The number of nitrogens with one attached hydrogen (secondary N) is 1. The zero-order valence-electron chi connectivity index (χ0n) is 17.5. The summed E-state index contributed by atoms with van der Waals surface area (Å²) in [7, 11) is 5.16. The molecule has 0 fully saturated rings. The van der Waals surface area contributed by atoms with Crippen molar-refractivity contribution < 1.29 is 19.0 Å². The fourth-order valence-electron chi connectivity index (χ4n) is 2.93. The molecular weight excluding hydrogens is 373 g/mol. The molecule has 6 nitrogen and oxygen atoms in total. The number of aliphatic hydroxyl groups is 1. The van der Waals surface area contributed by atoms with E-state index in [-0.39, 0.29) is 12.1 Å². The average Bonchev–Trinajstić information content (AvgIpc) is 2.74. The zero-order valence-corrected chi connectivity index (χ0v) is 17.5. The van der Waals surface area contributed by atoms with Crippen LogP contribution < -0.4 is 14.8 Å². The molecule has 0 aliphatic heterocycles. The molecule has 0 bridgehead atoms. The maximum Gasteiger partial charge on any atom is 0.193 e. The van der Waals surface area contributed by atoms with Crippen molar-refractivity contribution in [3.8, 4) is 11.5 Å². The van der Waals surface area contributed by atoms with Crippen molar-refractivity contribution in [2.75, 3.05) is 40.9 Å². The van der Waals surface area contributed by atoms with Crippen molar-refractivity contribution in [1.82, 2.24) is 10.2 Å². The van der Waals surface area contributed by atoms with E-state index in [0.29, 0.717) is 30.5 Å². The SMILES string of the molecule is CCNC(=NCC(O)c1ccccc1F)N(C)CCc1ccc(OC)c(OC)c1. The molecule has 1 atom stereocenters. The molecule has 29 heavy (non-hydrogen) atoms. The lowest BCUT2D eigenvalue weighted by molar-refractivity contribution is 0.182. The molecule has 0 amide bonds. The number of hydrogen-bond acceptors (Lipinski definition) is 4. The second-order valence-electron chi connectivity index (χ2n) is 6.59. The van der Waals surface area contributed by atoms with Crippen LogP contribution in [0.1, 0.15) is 24.2 Å². The Labute approximate surface area is 172 Å². The van der Waals surface area contributed by atoms with Crippen molar-refractivity contribution in [1.29, 1.82) is 0 Å². The Morgan fingerprint density at radius 2 is 1.90 bits per heavy atom. The van der Waals surface area contributed by atoms with Gasteiger partial charge in [0.15, 0.2) is 17.5 Å². The van der Waals surface area contributed by atoms with Crippen LogP contribution in [0.25, 0.3) is 0 Å². The van der Waals surface area contributed by atoms with Gasteiger partial charge in [0, 0.05) is 25.7 Å². The molecule has 158 valence electrons. The van der Waals surface area contributed by atoms with E-state index >= 15 is 0 Å². The van der Waals surface area contributed by atoms with E-state index in [0.717, 1.165) is 12.0 Å². The van der Waals surface area contributed by atoms with Crippen molar-refractivity contribution in [2.45, 2.75) is 19.4 Å². The van der Waals surface area contributed by atoms with Crippen molar-refractivity contribution >= 4 is 5.96 Å². The normalized spacial score (nSPS) is 12.4. The van der Waals surface area contributed by atoms with E-state index < -0.39 is 11.9 Å². The molecule has 2 rings (SSSR count). The van der Waals surface area contributed by atoms with Crippen LogP contribution in [0.3, 0.4) is 0 Å². The Kier molecular flexibility index (Phi) is 8.73. The number of likely N-dealkylation sites (N-methyl/N-ethyl adjacent to an activating group) is 1. The van der Waals surface area contributed by atoms with E-state index in [1.165, 1.54) is 6.07 Å². The summed E-state index contributed by atoms with van der Waals surface area (Å²) in [5.74, 6) is 1.62. The number of nitrogens with zero attached hydrogens (tertiary/aromatic N) is 2. The smallest absolute Gasteiger partial charge is 0.193 e. The lowest BCUT2D eigenvalue weighted by Crippen LogP contribution is -2.40. The monoisotopic (exact) mass is 403 g/mol. The highest BCUT2D eigenvalue weighted by molar-refractivity contribution is 5.79. The molecule has 0 saturated carbocycles. The van der Waals surface area contributed by atoms with Crippen LogP contribution in [0, 0.1) is 5.82 Å². The summed E-state index contributed by atoms with van der Waals surface area (Å²) >= 11 is 0. The maximum atomic E-state index is 13.8. The fraction of sp³-hybridized carbons (Fsp3) is 0.409. The summed E-state index contributed by atoms with van der Waals surface area (Å²) in [5.41, 5.74) is 1.36. The lowest BCUT2D eigenvalue weighted by Gasteiger charge is -2.23. The molecule has 2 aromatic carbocycles. The van der Waals surface area contributed by atoms with Gasteiger partial charge >= 0.3 is 0 Å². The summed E-state index contributed by atoms with van der Waals surface area (Å²) < 4.78 is 24.5. The van der Waals surface area contributed by atoms with Crippen LogP contribution >= 0.6 is 0 Å². The van der Waals surface area contributed by atoms with Gasteiger partial charge in [-0.1, -0.05) is 24.3 Å². The molecule has 2 N–H and O–H groups in total. The quantitative estimate of drug-likeness (QED) is 0.498. The zero-order chi connectivity index (χ0) is 21.2. The molecule has 0 aromatic heterocycles. The van der Waals surface area contributed by atoms with Crippen LogP contribution in [-0.4, -0.2) is 56.9 Å². The van der Waals surface area contributed by atoms with E-state index in [9.17, 15) is 9.50 Å². The number of rotatable bonds is 9. The molecule has 0 aliphatic carbocycles. The van der Waals surface area contributed by atoms with E-state index in [2.05, 4.69) is 10.3 Å². The molecule has 0 radical (unpaired) electrons. The van der Waals surface area contributed by atoms with E-state index in [1.807, 2.05) is 37.1 Å². The highest BCUT2D eigenvalue weighted by Crippen LogP contribution is 2.27. The predicted octanol–water partition coefficient (Wildman–Crippen LogP) is 3.02. The Balaban J connectivity index is 2.02. The van der Waals surface area contributed by atoms with Gasteiger partial charge in [-0.05, 0) is 37.1 Å². The van der Waals surface area contributed by atoms with Crippen LogP contribution in [0.5, 0.6) is 11.5 Å². The molecular formula is C22H30FN3O3. The van der Waals surface area contributed by atoms with Crippen LogP contribution in [0.15, 0.2) is 47.5 Å². The van der Waals surface area contributed by atoms with Gasteiger partial charge in [-0.25, -0.2) is 4.39 Å². The number of ether oxygens (including phenoxy) is 2. The molecule has 0 spiro atoms. The number of halogens is 1. The van der Waals surface area contributed by atoms with Gasteiger partial charge in [0.05, 0.1) is 20.8 Å². The highest BCUT2D eigenvalue weighted by Gasteiger charge is 2.13. The Bertz CT molecular complexity index is 814. The summed E-state index contributed by atoms with van der Waals surface area (Å²) in [6, 6.07) is 12.1. The first-order valence-corrected chi connectivity index (χ1v) is 9.63. The fourth-order valence-corrected chi connectivity index (χ4v) is 2.93. The van der Waals surface area contributed by atoms with Gasteiger partial charge in [-0.15, -0.1) is 0 Å². The van der Waals surface area contributed by atoms with E-state index in [4.69, 9.17) is 9.47 Å². The second-order valence-corrected chi connectivity index (χ2v) is 6.59. The number of hydrogen-bond donors (Lipinski definition) is 2. The van der Waals surface area contributed by atoms with Crippen molar-refractivity contribution in [3.05, 3.63) is 59.4 Å². The van der Waals surface area contributed by atoms with Gasteiger partial charge in [0.2, 0.25) is 0 Å². The third kappa shape index (κ3) is 6.35. The van der Waals surface area contributed by atoms with Crippen LogP contribution in [-0.2, 0) is 6.42 Å². The topological polar surface area (TPSA) is 66.3 Å². The Hall–Kier alpha value is -2.80. The largest absolute Gasteiger partial charge is 0.493 e. The summed E-state index contributed by atoms with van der Waals surface area (Å²) in [4.78, 5) is 6.45. The number of methoxy groups -OCH3 is 2. The third-order valence-electron chi connectivity index (χ3n) is 4.56. The first kappa shape index (κ1) is 22.5. The summed E-state index contributed by atoms with van der Waals surface area (Å²) in [5, 5.41) is 13.5. The minimum atomic E-state index is -0.996. The third-order valence-corrected chi connectivity index (χ3v) is 4.56. The van der Waals surface area contributed by atoms with E-state index in [1.54, 1.807) is 32.4 Å². The molecule has 0 heterocycles. The minimum absolute atomic E-state index is 0.0734. The van der Waals surface area contributed by atoms with Crippen LogP contribution in [0.2, 0.25) is 0 Å². The number of aliphatic hydroxyl groups excluding tert-OH is 1. The number of benzene rings is 2.